The summed E-state index contributed by atoms with van der Waals surface area (Å²) in [4.78, 5) is 23.5. The number of carbonyl (C=O) groups excluding carboxylic acids is 1. The van der Waals surface area contributed by atoms with Crippen LogP contribution in [0.3, 0.4) is 0 Å². The van der Waals surface area contributed by atoms with Crippen molar-refractivity contribution in [3.05, 3.63) is 78.6 Å². The maximum atomic E-state index is 12.6. The van der Waals surface area contributed by atoms with Gasteiger partial charge in [-0.1, -0.05) is 49.0 Å². The second kappa shape index (κ2) is 8.75. The molecule has 1 aliphatic rings. The summed E-state index contributed by atoms with van der Waals surface area (Å²) in [6.45, 7) is 8.07. The minimum atomic E-state index is -0.392. The van der Waals surface area contributed by atoms with Gasteiger partial charge in [0.25, 0.3) is 5.91 Å². The van der Waals surface area contributed by atoms with Crippen molar-refractivity contribution in [3.8, 4) is 11.3 Å². The molecule has 2 aromatic carbocycles. The van der Waals surface area contributed by atoms with Crippen molar-refractivity contribution in [2.75, 3.05) is 37.2 Å². The van der Waals surface area contributed by atoms with Gasteiger partial charge in [-0.15, -0.1) is 0 Å². The van der Waals surface area contributed by atoms with Crippen LogP contribution in [0.5, 0.6) is 0 Å². The van der Waals surface area contributed by atoms with Gasteiger partial charge < -0.3 is 21.3 Å². The van der Waals surface area contributed by atoms with Gasteiger partial charge in [0, 0.05) is 43.1 Å². The molecule has 0 bridgehead atoms. The van der Waals surface area contributed by atoms with E-state index in [4.69, 9.17) is 5.73 Å². The second-order valence-corrected chi connectivity index (χ2v) is 7.07. The van der Waals surface area contributed by atoms with E-state index in [0.717, 1.165) is 43.0 Å². The van der Waals surface area contributed by atoms with Crippen molar-refractivity contribution in [2.45, 2.75) is 0 Å². The molecule has 4 N–H and O–H groups in total. The molecule has 0 atom stereocenters. The van der Waals surface area contributed by atoms with Crippen molar-refractivity contribution >= 4 is 23.1 Å². The predicted octanol–water partition coefficient (Wildman–Crippen LogP) is 2.85. The van der Waals surface area contributed by atoms with Gasteiger partial charge in [0.05, 0.1) is 11.9 Å². The fraction of sp³-hybridized carbons (Fsp3) is 0.174. The van der Waals surface area contributed by atoms with E-state index in [1.54, 1.807) is 18.3 Å². The maximum absolute atomic E-state index is 12.6. The molecule has 2 heterocycles. The van der Waals surface area contributed by atoms with Crippen LogP contribution in [-0.4, -0.2) is 47.0 Å². The summed E-state index contributed by atoms with van der Waals surface area (Å²) in [7, 11) is 0. The lowest BCUT2D eigenvalue weighted by atomic mass is 10.1. The number of para-hydroxylation sites is 1. The third-order valence-electron chi connectivity index (χ3n) is 5.06. The minimum Gasteiger partial charge on any atom is -0.382 e. The summed E-state index contributed by atoms with van der Waals surface area (Å²) in [6.07, 6.45) is 1.58. The monoisotopic (exact) mass is 400 g/mol. The van der Waals surface area contributed by atoms with Gasteiger partial charge in [-0.25, -0.2) is 9.97 Å². The highest BCUT2D eigenvalue weighted by Gasteiger charge is 2.16. The molecule has 3 aromatic rings. The molecule has 1 amide bonds. The first-order valence-corrected chi connectivity index (χ1v) is 9.86. The van der Waals surface area contributed by atoms with Crippen molar-refractivity contribution in [1.29, 1.82) is 0 Å². The summed E-state index contributed by atoms with van der Waals surface area (Å²) >= 11 is 0. The molecule has 0 saturated carbocycles. The lowest BCUT2D eigenvalue weighted by molar-refractivity contribution is 0.102. The lowest BCUT2D eigenvalue weighted by Crippen LogP contribution is -2.42. The minimum absolute atomic E-state index is 0.0934. The number of amides is 1. The highest BCUT2D eigenvalue weighted by atomic mass is 16.1. The third kappa shape index (κ3) is 4.31. The van der Waals surface area contributed by atoms with Gasteiger partial charge in [0.1, 0.15) is 0 Å². The van der Waals surface area contributed by atoms with Crippen molar-refractivity contribution in [2.24, 2.45) is 0 Å². The van der Waals surface area contributed by atoms with Gasteiger partial charge in [-0.2, -0.15) is 0 Å². The van der Waals surface area contributed by atoms with E-state index >= 15 is 0 Å². The highest BCUT2D eigenvalue weighted by molar-refractivity contribution is 6.05. The molecule has 1 aliphatic heterocycles. The Bertz CT molecular complexity index is 1040. The molecule has 30 heavy (non-hydrogen) atoms. The lowest BCUT2D eigenvalue weighted by Gasteiger charge is -2.31. The van der Waals surface area contributed by atoms with Crippen LogP contribution in [0.1, 0.15) is 16.1 Å². The maximum Gasteiger partial charge on any atom is 0.278 e. The molecule has 0 spiro atoms. The van der Waals surface area contributed by atoms with E-state index in [0.29, 0.717) is 11.4 Å². The van der Waals surface area contributed by atoms with E-state index in [-0.39, 0.29) is 11.5 Å². The number of carbonyl (C=O) groups is 1. The van der Waals surface area contributed by atoms with Gasteiger partial charge in [0.2, 0.25) is 0 Å². The molecule has 1 aromatic heterocycles. The van der Waals surface area contributed by atoms with Gasteiger partial charge in [-0.3, -0.25) is 4.79 Å². The summed E-state index contributed by atoms with van der Waals surface area (Å²) < 4.78 is 0. The van der Waals surface area contributed by atoms with E-state index < -0.39 is 5.91 Å². The largest absolute Gasteiger partial charge is 0.382 e. The number of nitrogens with two attached hydrogens (primary N) is 1. The summed E-state index contributed by atoms with van der Waals surface area (Å²) in [5, 5.41) is 6.14. The SMILES string of the molecule is C=C(c1ccc(-c2cnc(N)c(C(=O)Nc3ccccc3)n2)cc1)N1CCNCC1. The molecule has 7 heteroatoms. The number of hydrogen-bond donors (Lipinski definition) is 3. The topological polar surface area (TPSA) is 96.2 Å². The average molecular weight is 400 g/mol. The van der Waals surface area contributed by atoms with Gasteiger partial charge in [0.15, 0.2) is 11.5 Å². The fourth-order valence-corrected chi connectivity index (χ4v) is 3.37. The smallest absolute Gasteiger partial charge is 0.278 e. The Morgan fingerprint density at radius 3 is 2.47 bits per heavy atom. The Labute approximate surface area is 175 Å². The quantitative estimate of drug-likeness (QED) is 0.609. The number of anilines is 2. The van der Waals surface area contributed by atoms with Crippen LogP contribution in [0, 0.1) is 0 Å². The molecule has 0 unspecified atom stereocenters. The predicted molar refractivity (Wildman–Crippen MR) is 120 cm³/mol. The third-order valence-corrected chi connectivity index (χ3v) is 5.06. The Kier molecular flexibility index (Phi) is 5.72. The van der Waals surface area contributed by atoms with Crippen LogP contribution >= 0.6 is 0 Å². The number of hydrogen-bond acceptors (Lipinski definition) is 6. The zero-order chi connectivity index (χ0) is 20.9. The van der Waals surface area contributed by atoms with Crippen LogP contribution in [0.2, 0.25) is 0 Å². The van der Waals surface area contributed by atoms with Crippen molar-refractivity contribution in [3.63, 3.8) is 0 Å². The van der Waals surface area contributed by atoms with Crippen molar-refractivity contribution in [1.82, 2.24) is 20.2 Å². The molecule has 0 aliphatic carbocycles. The number of piperazine rings is 1. The van der Waals surface area contributed by atoms with E-state index in [1.807, 2.05) is 42.5 Å². The molecule has 1 fully saturated rings. The van der Waals surface area contributed by atoms with Crippen LogP contribution in [-0.2, 0) is 0 Å². The summed E-state index contributed by atoms with van der Waals surface area (Å²) in [5.41, 5.74) is 10.2. The normalized spacial score (nSPS) is 13.7. The Hall–Kier alpha value is -3.71. The highest BCUT2D eigenvalue weighted by Crippen LogP contribution is 2.23. The Morgan fingerprint density at radius 1 is 1.07 bits per heavy atom. The zero-order valence-electron chi connectivity index (χ0n) is 16.6. The molecule has 0 radical (unpaired) electrons. The van der Waals surface area contributed by atoms with E-state index in [9.17, 15) is 4.79 Å². The van der Waals surface area contributed by atoms with Crippen LogP contribution < -0.4 is 16.4 Å². The van der Waals surface area contributed by atoms with E-state index in [1.165, 1.54) is 0 Å². The molecule has 7 nitrogen and oxygen atoms in total. The standard InChI is InChI=1S/C23H24N6O/c1-16(29-13-11-25-12-14-29)17-7-9-18(10-8-17)20-15-26-22(24)21(28-20)23(30)27-19-5-3-2-4-6-19/h2-10,15,25H,1,11-14H2,(H2,24,26)(H,27,30). The van der Waals surface area contributed by atoms with Crippen LogP contribution in [0.25, 0.3) is 17.0 Å². The molecule has 1 saturated heterocycles. The Balaban J connectivity index is 1.53. The molecule has 152 valence electrons. The van der Waals surface area contributed by atoms with Crippen LogP contribution in [0.4, 0.5) is 11.5 Å². The average Bonchev–Trinajstić information content (AvgIpc) is 2.80. The fourth-order valence-electron chi connectivity index (χ4n) is 3.37. The van der Waals surface area contributed by atoms with Crippen LogP contribution in [0.15, 0.2) is 67.4 Å². The Morgan fingerprint density at radius 2 is 1.77 bits per heavy atom. The first-order chi connectivity index (χ1) is 14.6. The molecular formula is C23H24N6O. The number of rotatable bonds is 5. The number of nitrogens with one attached hydrogen (secondary N) is 2. The first kappa shape index (κ1) is 19.6. The van der Waals surface area contributed by atoms with Gasteiger partial charge >= 0.3 is 0 Å². The van der Waals surface area contributed by atoms with E-state index in [2.05, 4.69) is 32.1 Å². The number of nitrogen functional groups attached to an aromatic ring is 1. The van der Waals surface area contributed by atoms with Gasteiger partial charge in [-0.05, 0) is 17.7 Å². The second-order valence-electron chi connectivity index (χ2n) is 7.07. The summed E-state index contributed by atoms with van der Waals surface area (Å²) in [6, 6.07) is 17.1. The zero-order valence-corrected chi connectivity index (χ0v) is 16.6. The number of benzene rings is 2. The molecule has 4 rings (SSSR count). The van der Waals surface area contributed by atoms with Crippen molar-refractivity contribution < 1.29 is 4.79 Å². The number of nitrogens with zero attached hydrogens (tertiary/aromatic N) is 3. The number of aromatic nitrogens is 2. The molecular weight excluding hydrogens is 376 g/mol. The summed E-state index contributed by atoms with van der Waals surface area (Å²) in [5.74, 6) is -0.298. The first-order valence-electron chi connectivity index (χ1n) is 9.86.